The van der Waals surface area contributed by atoms with Gasteiger partial charge in [-0.1, -0.05) is 18.2 Å². The van der Waals surface area contributed by atoms with Gasteiger partial charge in [-0.15, -0.1) is 0 Å². The van der Waals surface area contributed by atoms with Gasteiger partial charge in [0.15, 0.2) is 11.5 Å². The lowest BCUT2D eigenvalue weighted by molar-refractivity contribution is -0.126. The van der Waals surface area contributed by atoms with Crippen molar-refractivity contribution in [3.63, 3.8) is 0 Å². The molecule has 1 aromatic carbocycles. The second kappa shape index (κ2) is 11.4. The predicted molar refractivity (Wildman–Crippen MR) is 143 cm³/mol. The second-order valence-corrected chi connectivity index (χ2v) is 9.66. The third kappa shape index (κ3) is 5.32. The summed E-state index contributed by atoms with van der Waals surface area (Å²) in [6.45, 7) is 8.01. The van der Waals surface area contributed by atoms with E-state index in [9.17, 15) is 9.59 Å². The van der Waals surface area contributed by atoms with E-state index >= 15 is 0 Å². The number of nitrogens with zero attached hydrogens (tertiary/aromatic N) is 4. The fraction of sp³-hybridized carbons (Fsp3) is 0.407. The minimum absolute atomic E-state index is 0.136. The van der Waals surface area contributed by atoms with Gasteiger partial charge in [0.05, 0.1) is 30.3 Å². The molecule has 0 spiro atoms. The van der Waals surface area contributed by atoms with E-state index in [-0.39, 0.29) is 17.9 Å². The number of aryl methyl sites for hydroxylation is 1. The molecule has 1 fully saturated rings. The molecular weight excluding hydrogens is 510 g/mol. The Hall–Kier alpha value is -3.63. The number of halogens is 1. The zero-order chi connectivity index (χ0) is 26.6. The Kier molecular flexibility index (Phi) is 7.80. The molecule has 2 aliphatic heterocycles. The van der Waals surface area contributed by atoms with Crippen molar-refractivity contribution in [3.05, 3.63) is 53.3 Å². The van der Waals surface area contributed by atoms with Crippen LogP contribution in [0.3, 0.4) is 0 Å². The highest BCUT2D eigenvalue weighted by molar-refractivity contribution is 6.37. The quantitative estimate of drug-likeness (QED) is 0.496. The lowest BCUT2D eigenvalue weighted by atomic mass is 10.1. The molecule has 2 aliphatic rings. The number of pyridine rings is 1. The van der Waals surface area contributed by atoms with Gasteiger partial charge in [0, 0.05) is 36.6 Å². The van der Waals surface area contributed by atoms with Crippen molar-refractivity contribution in [1.29, 1.82) is 0 Å². The Balaban J connectivity index is 1.64. The molecule has 0 aliphatic carbocycles. The lowest BCUT2D eigenvalue weighted by Gasteiger charge is -2.26. The van der Waals surface area contributed by atoms with Crippen molar-refractivity contribution in [3.8, 4) is 11.5 Å². The molecule has 1 atom stereocenters. The Morgan fingerprint density at radius 3 is 2.79 bits per heavy atom. The minimum atomic E-state index is -0.324. The maximum absolute atomic E-state index is 13.3. The van der Waals surface area contributed by atoms with Crippen LogP contribution in [0.4, 0.5) is 5.95 Å². The second-order valence-electron chi connectivity index (χ2n) is 9.28. The van der Waals surface area contributed by atoms with E-state index in [1.54, 1.807) is 29.3 Å². The number of nitrogens with one attached hydrogen (secondary N) is 1. The molecular formula is C27H30ClN5O5. The number of imidazole rings is 1. The number of fused-ring (bicyclic) bond motifs is 2. The van der Waals surface area contributed by atoms with Gasteiger partial charge in [-0.2, -0.15) is 0 Å². The molecule has 0 saturated carbocycles. The highest BCUT2D eigenvalue weighted by Gasteiger charge is 2.30. The number of likely N-dealkylation sites (tertiary alicyclic amines) is 1. The van der Waals surface area contributed by atoms with E-state index in [0.717, 1.165) is 25.0 Å². The van der Waals surface area contributed by atoms with E-state index in [4.69, 9.17) is 30.8 Å². The van der Waals surface area contributed by atoms with E-state index in [1.807, 2.05) is 11.5 Å². The van der Waals surface area contributed by atoms with Crippen molar-refractivity contribution < 1.29 is 23.8 Å². The van der Waals surface area contributed by atoms with Gasteiger partial charge in [-0.3, -0.25) is 19.9 Å². The SMILES string of the molecule is C=CC(=O)N1CCCC[C@H](n2c(NC(=O)c3ccnc(C)c3)nc3cc4c(c(Cl)c32)OCCOCCO4)C1. The number of aromatic nitrogens is 3. The molecule has 0 bridgehead atoms. The van der Waals surface area contributed by atoms with Gasteiger partial charge in [-0.05, 0) is 44.4 Å². The molecule has 11 heteroatoms. The number of benzene rings is 1. The van der Waals surface area contributed by atoms with E-state index in [2.05, 4.69) is 16.9 Å². The van der Waals surface area contributed by atoms with Crippen LogP contribution in [-0.2, 0) is 9.53 Å². The number of rotatable bonds is 4. The van der Waals surface area contributed by atoms with Crippen molar-refractivity contribution in [2.75, 3.05) is 44.8 Å². The Bertz CT molecular complexity index is 1370. The average Bonchev–Trinajstić information content (AvgIpc) is 3.16. The number of ether oxygens (including phenoxy) is 3. The van der Waals surface area contributed by atoms with E-state index in [1.165, 1.54) is 6.08 Å². The summed E-state index contributed by atoms with van der Waals surface area (Å²) in [5.41, 5.74) is 2.34. The maximum Gasteiger partial charge on any atom is 0.258 e. The van der Waals surface area contributed by atoms with E-state index < -0.39 is 0 Å². The third-order valence-electron chi connectivity index (χ3n) is 6.68. The monoisotopic (exact) mass is 539 g/mol. The summed E-state index contributed by atoms with van der Waals surface area (Å²) >= 11 is 6.99. The summed E-state index contributed by atoms with van der Waals surface area (Å²) in [6.07, 6.45) is 5.44. The first kappa shape index (κ1) is 26.0. The van der Waals surface area contributed by atoms with Crippen LogP contribution in [0.15, 0.2) is 37.1 Å². The summed E-state index contributed by atoms with van der Waals surface area (Å²) in [5, 5.41) is 3.30. The Labute approximate surface area is 225 Å². The summed E-state index contributed by atoms with van der Waals surface area (Å²) in [7, 11) is 0. The first-order valence-corrected chi connectivity index (χ1v) is 13.1. The van der Waals surface area contributed by atoms with Crippen LogP contribution in [0.25, 0.3) is 11.0 Å². The fourth-order valence-corrected chi connectivity index (χ4v) is 5.23. The summed E-state index contributed by atoms with van der Waals surface area (Å²) in [5.74, 6) is 0.738. The highest BCUT2D eigenvalue weighted by atomic mass is 35.5. The predicted octanol–water partition coefficient (Wildman–Crippen LogP) is 4.17. The number of carbonyl (C=O) groups is 2. The maximum atomic E-state index is 13.3. The number of anilines is 1. The van der Waals surface area contributed by atoms with Crippen LogP contribution < -0.4 is 14.8 Å². The summed E-state index contributed by atoms with van der Waals surface area (Å²) in [6, 6.07) is 4.94. The molecule has 4 heterocycles. The van der Waals surface area contributed by atoms with Gasteiger partial charge in [0.2, 0.25) is 11.9 Å². The van der Waals surface area contributed by atoms with Crippen molar-refractivity contribution in [2.45, 2.75) is 32.2 Å². The molecule has 0 radical (unpaired) electrons. The van der Waals surface area contributed by atoms with Gasteiger partial charge < -0.3 is 23.7 Å². The smallest absolute Gasteiger partial charge is 0.258 e. The van der Waals surface area contributed by atoms with Crippen LogP contribution in [0.2, 0.25) is 5.02 Å². The first-order valence-electron chi connectivity index (χ1n) is 12.7. The standard InChI is InChI=1S/C27H30ClN5O5/c1-3-22(34)32-9-5-4-6-19(16-32)33-24-20(15-21-25(23(24)28)38-13-11-36-10-12-37-21)30-27(33)31-26(35)18-7-8-29-17(2)14-18/h3,7-8,14-15,19H,1,4-6,9-13,16H2,2H3,(H,30,31,35)/t19-/m0/s1. The number of amides is 2. The van der Waals surface area contributed by atoms with Gasteiger partial charge in [-0.25, -0.2) is 4.98 Å². The summed E-state index contributed by atoms with van der Waals surface area (Å²) in [4.78, 5) is 36.6. The normalized spacial score (nSPS) is 18.2. The molecule has 5 rings (SSSR count). The zero-order valence-corrected chi connectivity index (χ0v) is 22.0. The van der Waals surface area contributed by atoms with Crippen molar-refractivity contribution >= 4 is 40.4 Å². The topological polar surface area (TPSA) is 108 Å². The third-order valence-corrected chi connectivity index (χ3v) is 7.03. The van der Waals surface area contributed by atoms with Gasteiger partial charge in [0.25, 0.3) is 5.91 Å². The molecule has 200 valence electrons. The van der Waals surface area contributed by atoms with Gasteiger partial charge in [0.1, 0.15) is 18.2 Å². The van der Waals surface area contributed by atoms with Crippen LogP contribution in [-0.4, -0.2) is 70.8 Å². The largest absolute Gasteiger partial charge is 0.487 e. The van der Waals surface area contributed by atoms with Crippen LogP contribution >= 0.6 is 11.6 Å². The van der Waals surface area contributed by atoms with Crippen molar-refractivity contribution in [2.24, 2.45) is 0 Å². The van der Waals surface area contributed by atoms with Crippen LogP contribution in [0.1, 0.15) is 41.4 Å². The summed E-state index contributed by atoms with van der Waals surface area (Å²) < 4.78 is 19.3. The van der Waals surface area contributed by atoms with Crippen LogP contribution in [0.5, 0.6) is 11.5 Å². The molecule has 2 amide bonds. The number of hydrogen-bond donors (Lipinski definition) is 1. The molecule has 3 aromatic rings. The molecule has 1 saturated heterocycles. The van der Waals surface area contributed by atoms with Gasteiger partial charge >= 0.3 is 0 Å². The number of hydrogen-bond acceptors (Lipinski definition) is 7. The minimum Gasteiger partial charge on any atom is -0.487 e. The van der Waals surface area contributed by atoms with Crippen molar-refractivity contribution in [1.82, 2.24) is 19.4 Å². The molecule has 0 unspecified atom stereocenters. The van der Waals surface area contributed by atoms with E-state index in [0.29, 0.717) is 78.6 Å². The fourth-order valence-electron chi connectivity index (χ4n) is 4.90. The molecule has 38 heavy (non-hydrogen) atoms. The average molecular weight is 540 g/mol. The molecule has 2 aromatic heterocycles. The van der Waals surface area contributed by atoms with Crippen LogP contribution in [0, 0.1) is 6.92 Å². The first-order chi connectivity index (χ1) is 18.5. The zero-order valence-electron chi connectivity index (χ0n) is 21.2. The number of carbonyl (C=O) groups excluding carboxylic acids is 2. The Morgan fingerprint density at radius 2 is 2.00 bits per heavy atom. The highest BCUT2D eigenvalue weighted by Crippen LogP contribution is 2.44. The molecule has 10 nitrogen and oxygen atoms in total. The Morgan fingerprint density at radius 1 is 1.18 bits per heavy atom. The molecule has 1 N–H and O–H groups in total. The lowest BCUT2D eigenvalue weighted by Crippen LogP contribution is -2.34.